The minimum Gasteiger partial charge on any atom is -0.352 e. The molecule has 1 N–H and O–H groups in total. The molecule has 4 aliphatic carbocycles. The van der Waals surface area contributed by atoms with E-state index in [0.717, 1.165) is 84.0 Å². The highest BCUT2D eigenvalue weighted by Gasteiger charge is 2.54. The molecule has 1 aliphatic heterocycles. The van der Waals surface area contributed by atoms with Crippen molar-refractivity contribution in [2.45, 2.75) is 51.5 Å². The molecule has 1 amide bonds. The lowest BCUT2D eigenvalue weighted by Gasteiger charge is -2.55. The fourth-order valence-corrected chi connectivity index (χ4v) is 8.09. The summed E-state index contributed by atoms with van der Waals surface area (Å²) in [5.74, 6) is 3.53. The van der Waals surface area contributed by atoms with Gasteiger partial charge in [0.2, 0.25) is 5.91 Å². The summed E-state index contributed by atoms with van der Waals surface area (Å²) in [6.07, 6.45) is 8.17. The number of carbonyl (C=O) groups is 1. The summed E-state index contributed by atoms with van der Waals surface area (Å²) in [5.41, 5.74) is 4.13. The quantitative estimate of drug-likeness (QED) is 0.466. The average Bonchev–Trinajstić information content (AvgIpc) is 3.20. The number of aromatic nitrogens is 1. The van der Waals surface area contributed by atoms with Crippen molar-refractivity contribution in [2.75, 3.05) is 16.8 Å². The van der Waals surface area contributed by atoms with E-state index >= 15 is 0 Å². The van der Waals surface area contributed by atoms with Crippen LogP contribution in [0, 0.1) is 23.2 Å². The first kappa shape index (κ1) is 20.8. The zero-order chi connectivity index (χ0) is 22.9. The number of para-hydroxylation sites is 1. The summed E-state index contributed by atoms with van der Waals surface area (Å²) in [6.45, 7) is 1.66. The van der Waals surface area contributed by atoms with Crippen molar-refractivity contribution in [3.8, 4) is 0 Å². The first-order valence-electron chi connectivity index (χ1n) is 12.8. The van der Waals surface area contributed by atoms with Gasteiger partial charge in [0.05, 0.1) is 16.6 Å². The third kappa shape index (κ3) is 3.33. The van der Waals surface area contributed by atoms with Crippen molar-refractivity contribution in [3.05, 3.63) is 64.7 Å². The molecule has 0 unspecified atom stereocenters. The van der Waals surface area contributed by atoms with Crippen LogP contribution in [0.5, 0.6) is 0 Å². The third-order valence-electron chi connectivity index (χ3n) is 8.92. The molecule has 8 rings (SSSR count). The SMILES string of the molecule is O=C(Nc1c2c(nc3ccccc13)N(Cc1cccc(Cl)c1)CC2)C12CC3CC(CC(C3)C1)C2. The predicted octanol–water partition coefficient (Wildman–Crippen LogP) is 6.61. The maximum Gasteiger partial charge on any atom is 0.230 e. The van der Waals surface area contributed by atoms with Gasteiger partial charge < -0.3 is 10.2 Å². The molecule has 2 aromatic carbocycles. The molecule has 0 saturated heterocycles. The number of nitrogens with zero attached hydrogens (tertiary/aromatic N) is 2. The summed E-state index contributed by atoms with van der Waals surface area (Å²) in [7, 11) is 0. The molecule has 4 bridgehead atoms. The molecule has 3 aromatic rings. The highest BCUT2D eigenvalue weighted by molar-refractivity contribution is 6.30. The topological polar surface area (TPSA) is 45.2 Å². The Morgan fingerprint density at radius 3 is 2.50 bits per heavy atom. The number of carbonyl (C=O) groups excluding carboxylic acids is 1. The maximum atomic E-state index is 14.0. The Bertz CT molecular complexity index is 1270. The van der Waals surface area contributed by atoms with Gasteiger partial charge in [0.15, 0.2) is 0 Å². The number of benzene rings is 2. The minimum absolute atomic E-state index is 0.162. The van der Waals surface area contributed by atoms with Crippen molar-refractivity contribution in [3.63, 3.8) is 0 Å². The molecule has 4 nitrogen and oxygen atoms in total. The maximum absolute atomic E-state index is 14.0. The molecule has 4 saturated carbocycles. The van der Waals surface area contributed by atoms with E-state index in [0.29, 0.717) is 0 Å². The first-order chi connectivity index (χ1) is 16.6. The van der Waals surface area contributed by atoms with Gasteiger partial charge in [-0.15, -0.1) is 0 Å². The van der Waals surface area contributed by atoms with Gasteiger partial charge >= 0.3 is 0 Å². The highest BCUT2D eigenvalue weighted by Crippen LogP contribution is 2.60. The van der Waals surface area contributed by atoms with Gasteiger partial charge in [-0.3, -0.25) is 4.79 Å². The number of hydrogen-bond donors (Lipinski definition) is 1. The Kier molecular flexibility index (Phi) is 4.71. The number of pyridine rings is 1. The van der Waals surface area contributed by atoms with Gasteiger partial charge in [-0.25, -0.2) is 4.98 Å². The molecule has 5 aliphatic rings. The highest BCUT2D eigenvalue weighted by atomic mass is 35.5. The fraction of sp³-hybridized carbons (Fsp3) is 0.448. The van der Waals surface area contributed by atoms with E-state index in [4.69, 9.17) is 16.6 Å². The second kappa shape index (κ2) is 7.71. The Morgan fingerprint density at radius 1 is 1.03 bits per heavy atom. The van der Waals surface area contributed by atoms with Gasteiger partial charge in [0.25, 0.3) is 0 Å². The minimum atomic E-state index is -0.162. The molecule has 174 valence electrons. The van der Waals surface area contributed by atoms with Crippen molar-refractivity contribution < 1.29 is 4.79 Å². The monoisotopic (exact) mass is 471 g/mol. The molecule has 0 atom stereocenters. The Morgan fingerprint density at radius 2 is 1.76 bits per heavy atom. The van der Waals surface area contributed by atoms with Crippen LogP contribution in [0.15, 0.2) is 48.5 Å². The van der Waals surface area contributed by atoms with E-state index in [2.05, 4.69) is 34.5 Å². The van der Waals surface area contributed by atoms with Crippen LogP contribution in [-0.2, 0) is 17.8 Å². The Hall–Kier alpha value is -2.59. The lowest BCUT2D eigenvalue weighted by atomic mass is 9.49. The van der Waals surface area contributed by atoms with Crippen LogP contribution < -0.4 is 10.2 Å². The smallest absolute Gasteiger partial charge is 0.230 e. The summed E-state index contributed by atoms with van der Waals surface area (Å²) >= 11 is 6.24. The van der Waals surface area contributed by atoms with E-state index in [-0.39, 0.29) is 11.3 Å². The van der Waals surface area contributed by atoms with Crippen LogP contribution in [-0.4, -0.2) is 17.4 Å². The molecule has 0 radical (unpaired) electrons. The molecule has 1 aromatic heterocycles. The van der Waals surface area contributed by atoms with Crippen LogP contribution in [0.1, 0.15) is 49.7 Å². The van der Waals surface area contributed by atoms with E-state index < -0.39 is 0 Å². The Labute approximate surface area is 205 Å². The fourth-order valence-electron chi connectivity index (χ4n) is 7.88. The molecule has 0 spiro atoms. The number of fused-ring (bicyclic) bond motifs is 2. The van der Waals surface area contributed by atoms with E-state index in [9.17, 15) is 4.79 Å². The van der Waals surface area contributed by atoms with E-state index in [1.807, 2.05) is 24.3 Å². The van der Waals surface area contributed by atoms with Crippen LogP contribution in [0.25, 0.3) is 10.9 Å². The predicted molar refractivity (Wildman–Crippen MR) is 137 cm³/mol. The summed E-state index contributed by atoms with van der Waals surface area (Å²) in [4.78, 5) is 21.3. The standard InChI is InChI=1S/C29H30ClN3O/c30-22-5-3-4-18(13-22)17-33-9-8-24-26(23-6-1-2-7-25(23)31-27(24)33)32-28(34)29-14-19-10-20(15-29)12-21(11-19)16-29/h1-7,13,19-21H,8-12,14-17H2,(H,31,32,34). The van der Waals surface area contributed by atoms with Crippen LogP contribution >= 0.6 is 11.6 Å². The van der Waals surface area contributed by atoms with Gasteiger partial charge in [-0.2, -0.15) is 0 Å². The van der Waals surface area contributed by atoms with Crippen LogP contribution in [0.2, 0.25) is 5.02 Å². The molecule has 2 heterocycles. The number of nitrogens with one attached hydrogen (secondary N) is 1. The second-order valence-corrected chi connectivity index (χ2v) is 11.7. The molecule has 34 heavy (non-hydrogen) atoms. The van der Waals surface area contributed by atoms with Gasteiger partial charge in [0, 0.05) is 29.1 Å². The van der Waals surface area contributed by atoms with Crippen molar-refractivity contribution >= 4 is 39.9 Å². The number of halogens is 1. The molecule has 4 fully saturated rings. The van der Waals surface area contributed by atoms with Crippen molar-refractivity contribution in [1.82, 2.24) is 4.98 Å². The van der Waals surface area contributed by atoms with Gasteiger partial charge in [0.1, 0.15) is 5.82 Å². The molecule has 5 heteroatoms. The zero-order valence-corrected chi connectivity index (χ0v) is 20.2. The first-order valence-corrected chi connectivity index (χ1v) is 13.2. The molecular formula is C29H30ClN3O. The van der Waals surface area contributed by atoms with Gasteiger partial charge in [-0.05, 0) is 86.5 Å². The second-order valence-electron chi connectivity index (χ2n) is 11.3. The number of rotatable bonds is 4. The number of anilines is 2. The number of amides is 1. The summed E-state index contributed by atoms with van der Waals surface area (Å²) in [5, 5.41) is 5.32. The summed E-state index contributed by atoms with van der Waals surface area (Å²) < 4.78 is 0. The van der Waals surface area contributed by atoms with Gasteiger partial charge in [-0.1, -0.05) is 41.9 Å². The van der Waals surface area contributed by atoms with E-state index in [1.54, 1.807) is 0 Å². The average molecular weight is 472 g/mol. The van der Waals surface area contributed by atoms with Crippen LogP contribution in [0.3, 0.4) is 0 Å². The summed E-state index contributed by atoms with van der Waals surface area (Å²) in [6, 6.07) is 16.3. The Balaban J connectivity index is 1.25. The van der Waals surface area contributed by atoms with Crippen molar-refractivity contribution in [2.24, 2.45) is 23.2 Å². The van der Waals surface area contributed by atoms with E-state index in [1.165, 1.54) is 30.4 Å². The van der Waals surface area contributed by atoms with Crippen LogP contribution in [0.4, 0.5) is 11.5 Å². The third-order valence-corrected chi connectivity index (χ3v) is 9.16. The van der Waals surface area contributed by atoms with Crippen molar-refractivity contribution in [1.29, 1.82) is 0 Å². The lowest BCUT2D eigenvalue weighted by molar-refractivity contribution is -0.140. The lowest BCUT2D eigenvalue weighted by Crippen LogP contribution is -2.51. The molecular weight excluding hydrogens is 442 g/mol. The number of hydrogen-bond acceptors (Lipinski definition) is 3. The largest absolute Gasteiger partial charge is 0.352 e. The zero-order valence-electron chi connectivity index (χ0n) is 19.4. The normalized spacial score (nSPS) is 29.0.